The number of hydrogen-bond acceptors (Lipinski definition) is 4. The minimum absolute atomic E-state index is 0.0663. The first-order valence-electron chi connectivity index (χ1n) is 9.79. The third-order valence-corrected chi connectivity index (χ3v) is 5.54. The van der Waals surface area contributed by atoms with Crippen LogP contribution in [0.15, 0.2) is 24.4 Å². The fourth-order valence-corrected chi connectivity index (χ4v) is 3.81. The van der Waals surface area contributed by atoms with Gasteiger partial charge in [-0.2, -0.15) is 0 Å². The van der Waals surface area contributed by atoms with E-state index in [4.69, 9.17) is 4.74 Å². The topological polar surface area (TPSA) is 75.9 Å². The van der Waals surface area contributed by atoms with Gasteiger partial charge in [-0.3, -0.25) is 14.0 Å². The monoisotopic (exact) mass is 370 g/mol. The Hall–Kier alpha value is -2.41. The second-order valence-corrected chi connectivity index (χ2v) is 7.56. The van der Waals surface area contributed by atoms with E-state index in [1.54, 1.807) is 10.6 Å². The van der Waals surface area contributed by atoms with Crippen LogP contribution in [0, 0.1) is 5.92 Å². The number of rotatable bonds is 4. The quantitative estimate of drug-likeness (QED) is 0.894. The predicted octanol–water partition coefficient (Wildman–Crippen LogP) is 2.12. The molecule has 2 fully saturated rings. The molecule has 2 saturated heterocycles. The Kier molecular flexibility index (Phi) is 5.11. The zero-order valence-electron chi connectivity index (χ0n) is 15.7. The molecule has 2 aromatic heterocycles. The molecule has 4 heterocycles. The van der Waals surface area contributed by atoms with E-state index >= 15 is 0 Å². The molecule has 2 amide bonds. The second-order valence-electron chi connectivity index (χ2n) is 7.56. The highest BCUT2D eigenvalue weighted by Crippen LogP contribution is 2.21. The van der Waals surface area contributed by atoms with Crippen LogP contribution in [0.25, 0.3) is 5.52 Å². The molecule has 1 atom stereocenters. The van der Waals surface area contributed by atoms with Gasteiger partial charge in [-0.1, -0.05) is 13.0 Å². The smallest absolute Gasteiger partial charge is 0.287 e. The number of nitrogens with zero attached hydrogens (tertiary/aromatic N) is 3. The Bertz CT molecular complexity index is 833. The molecule has 7 heteroatoms. The minimum Gasteiger partial charge on any atom is -0.376 e. The van der Waals surface area contributed by atoms with E-state index in [1.165, 1.54) is 0 Å². The molecule has 0 saturated carbocycles. The van der Waals surface area contributed by atoms with Crippen molar-refractivity contribution in [2.75, 3.05) is 26.2 Å². The van der Waals surface area contributed by atoms with Gasteiger partial charge >= 0.3 is 0 Å². The standard InChI is InChI=1S/C20H26N4O3/c1-14-7-10-23(11-8-14)20(26)17-16-6-2-3-9-24(16)18(22-17)19(25)21-13-15-5-4-12-27-15/h2-3,6,9,14-15H,4-5,7-8,10-13H2,1H3,(H,21,25). The van der Waals surface area contributed by atoms with Crippen molar-refractivity contribution < 1.29 is 14.3 Å². The number of carbonyl (C=O) groups is 2. The second kappa shape index (κ2) is 7.68. The lowest BCUT2D eigenvalue weighted by Crippen LogP contribution is -2.38. The van der Waals surface area contributed by atoms with Crippen LogP contribution in [0.4, 0.5) is 0 Å². The maximum absolute atomic E-state index is 13.0. The average Bonchev–Trinajstić information content (AvgIpc) is 3.34. The number of ether oxygens (including phenoxy) is 1. The van der Waals surface area contributed by atoms with Gasteiger partial charge in [0.25, 0.3) is 11.8 Å². The molecule has 0 bridgehead atoms. The van der Waals surface area contributed by atoms with E-state index < -0.39 is 0 Å². The van der Waals surface area contributed by atoms with Crippen LogP contribution >= 0.6 is 0 Å². The van der Waals surface area contributed by atoms with Crippen molar-refractivity contribution in [2.45, 2.75) is 38.7 Å². The van der Waals surface area contributed by atoms with Crippen LogP contribution in [0.5, 0.6) is 0 Å². The number of piperidine rings is 1. The predicted molar refractivity (Wildman–Crippen MR) is 101 cm³/mol. The number of fused-ring (bicyclic) bond motifs is 1. The Labute approximate surface area is 158 Å². The van der Waals surface area contributed by atoms with Gasteiger partial charge in [-0.25, -0.2) is 4.98 Å². The lowest BCUT2D eigenvalue weighted by molar-refractivity contribution is 0.0693. The Morgan fingerprint density at radius 1 is 1.26 bits per heavy atom. The summed E-state index contributed by atoms with van der Waals surface area (Å²) in [6, 6.07) is 5.53. The summed E-state index contributed by atoms with van der Waals surface area (Å²) >= 11 is 0. The number of pyridine rings is 1. The van der Waals surface area contributed by atoms with E-state index in [9.17, 15) is 9.59 Å². The summed E-state index contributed by atoms with van der Waals surface area (Å²) in [5.41, 5.74) is 1.02. The van der Waals surface area contributed by atoms with Crippen LogP contribution in [0.1, 0.15) is 53.7 Å². The molecule has 1 N–H and O–H groups in total. The molecular formula is C20H26N4O3. The molecule has 144 valence electrons. The number of carbonyl (C=O) groups excluding carboxylic acids is 2. The zero-order valence-corrected chi connectivity index (χ0v) is 15.7. The minimum atomic E-state index is -0.280. The number of hydrogen-bond donors (Lipinski definition) is 1. The molecule has 1 unspecified atom stereocenters. The van der Waals surface area contributed by atoms with Crippen molar-refractivity contribution >= 4 is 17.3 Å². The van der Waals surface area contributed by atoms with Gasteiger partial charge in [-0.05, 0) is 43.7 Å². The Balaban J connectivity index is 1.56. The average molecular weight is 370 g/mol. The van der Waals surface area contributed by atoms with Crippen LogP contribution in [-0.2, 0) is 4.74 Å². The maximum atomic E-state index is 13.0. The lowest BCUT2D eigenvalue weighted by Gasteiger charge is -2.29. The number of nitrogens with one attached hydrogen (secondary N) is 1. The van der Waals surface area contributed by atoms with E-state index in [-0.39, 0.29) is 23.7 Å². The molecule has 2 aliphatic rings. The van der Waals surface area contributed by atoms with Crippen molar-refractivity contribution in [1.29, 1.82) is 0 Å². The van der Waals surface area contributed by atoms with Crippen molar-refractivity contribution in [3.8, 4) is 0 Å². The first-order chi connectivity index (χ1) is 13.1. The SMILES string of the molecule is CC1CCN(C(=O)c2nc(C(=O)NCC3CCCO3)n3ccccc23)CC1. The molecule has 0 aliphatic carbocycles. The van der Waals surface area contributed by atoms with E-state index in [2.05, 4.69) is 17.2 Å². The largest absolute Gasteiger partial charge is 0.376 e. The van der Waals surface area contributed by atoms with E-state index in [0.29, 0.717) is 23.7 Å². The first-order valence-corrected chi connectivity index (χ1v) is 9.79. The van der Waals surface area contributed by atoms with Gasteiger partial charge in [-0.15, -0.1) is 0 Å². The molecule has 2 aliphatic heterocycles. The fourth-order valence-electron chi connectivity index (χ4n) is 3.81. The maximum Gasteiger partial charge on any atom is 0.287 e. The highest BCUT2D eigenvalue weighted by molar-refractivity contribution is 6.02. The van der Waals surface area contributed by atoms with Gasteiger partial charge in [0, 0.05) is 32.4 Å². The lowest BCUT2D eigenvalue weighted by atomic mass is 9.99. The van der Waals surface area contributed by atoms with Crippen molar-refractivity contribution in [2.24, 2.45) is 5.92 Å². The number of likely N-dealkylation sites (tertiary alicyclic amines) is 1. The van der Waals surface area contributed by atoms with E-state index in [0.717, 1.165) is 45.4 Å². The number of aromatic nitrogens is 2. The summed E-state index contributed by atoms with van der Waals surface area (Å²) in [6.07, 6.45) is 5.84. The molecule has 0 aromatic carbocycles. The molecule has 2 aromatic rings. The molecule has 0 spiro atoms. The van der Waals surface area contributed by atoms with Crippen LogP contribution in [-0.4, -0.2) is 58.4 Å². The molecule has 7 nitrogen and oxygen atoms in total. The summed E-state index contributed by atoms with van der Waals surface area (Å²) in [5, 5.41) is 2.90. The third-order valence-electron chi connectivity index (χ3n) is 5.54. The van der Waals surface area contributed by atoms with Crippen LogP contribution < -0.4 is 5.32 Å². The van der Waals surface area contributed by atoms with Gasteiger partial charge in [0.05, 0.1) is 11.6 Å². The van der Waals surface area contributed by atoms with Crippen molar-refractivity contribution in [3.05, 3.63) is 35.9 Å². The van der Waals surface area contributed by atoms with Gasteiger partial charge < -0.3 is 15.0 Å². The fraction of sp³-hybridized carbons (Fsp3) is 0.550. The third kappa shape index (κ3) is 3.69. The van der Waals surface area contributed by atoms with Crippen LogP contribution in [0.2, 0.25) is 0 Å². The van der Waals surface area contributed by atoms with Gasteiger partial charge in [0.15, 0.2) is 5.69 Å². The van der Waals surface area contributed by atoms with Crippen LogP contribution in [0.3, 0.4) is 0 Å². The zero-order chi connectivity index (χ0) is 18.8. The molecule has 27 heavy (non-hydrogen) atoms. The number of imidazole rings is 1. The molecular weight excluding hydrogens is 344 g/mol. The first kappa shape index (κ1) is 18.0. The molecule has 4 rings (SSSR count). The summed E-state index contributed by atoms with van der Waals surface area (Å²) in [6.45, 7) is 4.91. The van der Waals surface area contributed by atoms with Crippen molar-refractivity contribution in [3.63, 3.8) is 0 Å². The molecule has 0 radical (unpaired) electrons. The summed E-state index contributed by atoms with van der Waals surface area (Å²) in [5.74, 6) is 0.519. The van der Waals surface area contributed by atoms with Gasteiger partial charge in [0.2, 0.25) is 5.82 Å². The number of amides is 2. The van der Waals surface area contributed by atoms with E-state index in [1.807, 2.05) is 23.1 Å². The summed E-state index contributed by atoms with van der Waals surface area (Å²) in [4.78, 5) is 32.0. The van der Waals surface area contributed by atoms with Crippen molar-refractivity contribution in [1.82, 2.24) is 19.6 Å². The summed E-state index contributed by atoms with van der Waals surface area (Å²) < 4.78 is 7.25. The Morgan fingerprint density at radius 3 is 2.81 bits per heavy atom. The highest BCUT2D eigenvalue weighted by atomic mass is 16.5. The highest BCUT2D eigenvalue weighted by Gasteiger charge is 2.27. The normalized spacial score (nSPS) is 20.9. The summed E-state index contributed by atoms with van der Waals surface area (Å²) in [7, 11) is 0. The Morgan fingerprint density at radius 2 is 2.07 bits per heavy atom. The van der Waals surface area contributed by atoms with Gasteiger partial charge in [0.1, 0.15) is 0 Å².